The van der Waals surface area contributed by atoms with Crippen LogP contribution in [0.5, 0.6) is 0 Å². The standard InChI is InChI=1S/C45H27N3OS/c1-3-10-28(11-4-1)30-14-9-15-33(24-30)44-46-43(29-12-5-2-6-13-29)47-45(48-44)34-19-22-36-35-21-18-32(26-39(35)49-40(36)27-34)31-20-23-42-38(25-31)37-16-7-8-17-41(37)50-42/h1-27H. The van der Waals surface area contributed by atoms with Gasteiger partial charge >= 0.3 is 0 Å². The molecule has 0 saturated heterocycles. The summed E-state index contributed by atoms with van der Waals surface area (Å²) in [5, 5.41) is 4.72. The summed E-state index contributed by atoms with van der Waals surface area (Å²) < 4.78 is 9.15. The molecule has 10 aromatic rings. The average Bonchev–Trinajstić information content (AvgIpc) is 3.75. The highest BCUT2D eigenvalue weighted by molar-refractivity contribution is 7.25. The van der Waals surface area contributed by atoms with Gasteiger partial charge in [0.05, 0.1) is 0 Å². The number of hydrogen-bond donors (Lipinski definition) is 0. The lowest BCUT2D eigenvalue weighted by Gasteiger charge is -2.09. The fourth-order valence-electron chi connectivity index (χ4n) is 6.82. The van der Waals surface area contributed by atoms with E-state index in [4.69, 9.17) is 19.4 Å². The molecule has 0 aliphatic rings. The van der Waals surface area contributed by atoms with Gasteiger partial charge in [-0.3, -0.25) is 0 Å². The second-order valence-corrected chi connectivity index (χ2v) is 13.5. The van der Waals surface area contributed by atoms with Gasteiger partial charge in [-0.1, -0.05) is 115 Å². The molecule has 0 N–H and O–H groups in total. The van der Waals surface area contributed by atoms with Gasteiger partial charge in [-0.25, -0.2) is 15.0 Å². The molecule has 0 bridgehead atoms. The Labute approximate surface area is 292 Å². The summed E-state index contributed by atoms with van der Waals surface area (Å²) in [6, 6.07) is 56.9. The minimum Gasteiger partial charge on any atom is -0.456 e. The lowest BCUT2D eigenvalue weighted by atomic mass is 10.0. The predicted molar refractivity (Wildman–Crippen MR) is 207 cm³/mol. The predicted octanol–water partition coefficient (Wildman–Crippen LogP) is 12.5. The number of fused-ring (bicyclic) bond motifs is 6. The van der Waals surface area contributed by atoms with Crippen molar-refractivity contribution in [3.05, 3.63) is 164 Å². The van der Waals surface area contributed by atoms with Crippen molar-refractivity contribution in [1.29, 1.82) is 0 Å². The Kier molecular flexibility index (Phi) is 6.64. The average molecular weight is 658 g/mol. The molecule has 0 amide bonds. The molecule has 0 saturated carbocycles. The largest absolute Gasteiger partial charge is 0.456 e. The third-order valence-corrected chi connectivity index (χ3v) is 10.5. The molecule has 5 heteroatoms. The van der Waals surface area contributed by atoms with Crippen LogP contribution in [-0.4, -0.2) is 15.0 Å². The Balaban J connectivity index is 1.07. The molecule has 7 aromatic carbocycles. The Morgan fingerprint density at radius 2 is 0.820 bits per heavy atom. The molecule has 0 aliphatic heterocycles. The van der Waals surface area contributed by atoms with Crippen LogP contribution < -0.4 is 0 Å². The number of nitrogens with zero attached hydrogens (tertiary/aromatic N) is 3. The first kappa shape index (κ1) is 28.6. The molecule has 0 radical (unpaired) electrons. The summed E-state index contributed by atoms with van der Waals surface area (Å²) in [4.78, 5) is 15.0. The molecule has 0 unspecified atom stereocenters. The van der Waals surface area contributed by atoms with Gasteiger partial charge in [0.2, 0.25) is 0 Å². The molecule has 3 aromatic heterocycles. The Bertz CT molecular complexity index is 2870. The van der Waals surface area contributed by atoms with Crippen LogP contribution in [0.25, 0.3) is 98.5 Å². The first-order valence-corrected chi connectivity index (χ1v) is 17.4. The Morgan fingerprint density at radius 1 is 0.320 bits per heavy atom. The molecule has 50 heavy (non-hydrogen) atoms. The number of aromatic nitrogens is 3. The van der Waals surface area contributed by atoms with Gasteiger partial charge in [0.15, 0.2) is 17.5 Å². The van der Waals surface area contributed by atoms with E-state index >= 15 is 0 Å². The maximum atomic E-state index is 6.54. The van der Waals surface area contributed by atoms with Crippen molar-refractivity contribution < 1.29 is 4.42 Å². The quantitative estimate of drug-likeness (QED) is 0.185. The SMILES string of the molecule is c1ccc(-c2cccc(-c3nc(-c4ccccc4)nc(-c4ccc5c(c4)oc4cc(-c6ccc7sc8ccccc8c7c6)ccc45)n3)c2)cc1. The van der Waals surface area contributed by atoms with Crippen LogP contribution in [0, 0.1) is 0 Å². The van der Waals surface area contributed by atoms with E-state index in [0.29, 0.717) is 17.5 Å². The molecular formula is C45H27N3OS. The first-order chi connectivity index (χ1) is 24.7. The third-order valence-electron chi connectivity index (χ3n) is 9.34. The summed E-state index contributed by atoms with van der Waals surface area (Å²) in [6.07, 6.45) is 0. The molecule has 0 aliphatic carbocycles. The van der Waals surface area contributed by atoms with E-state index in [2.05, 4.69) is 121 Å². The van der Waals surface area contributed by atoms with Crippen LogP contribution in [0.4, 0.5) is 0 Å². The van der Waals surface area contributed by atoms with Crippen molar-refractivity contribution >= 4 is 53.4 Å². The van der Waals surface area contributed by atoms with E-state index in [1.807, 2.05) is 53.8 Å². The fourth-order valence-corrected chi connectivity index (χ4v) is 7.91. The zero-order valence-corrected chi connectivity index (χ0v) is 27.6. The fraction of sp³-hybridized carbons (Fsp3) is 0. The van der Waals surface area contributed by atoms with Crippen molar-refractivity contribution in [2.24, 2.45) is 0 Å². The zero-order valence-electron chi connectivity index (χ0n) is 26.7. The zero-order chi connectivity index (χ0) is 33.0. The number of hydrogen-bond acceptors (Lipinski definition) is 5. The summed E-state index contributed by atoms with van der Waals surface area (Å²) in [5.74, 6) is 1.84. The van der Waals surface area contributed by atoms with Gasteiger partial charge in [-0.2, -0.15) is 0 Å². The number of rotatable bonds is 5. The van der Waals surface area contributed by atoms with Gasteiger partial charge in [0.25, 0.3) is 0 Å². The Hall–Kier alpha value is -6.43. The maximum Gasteiger partial charge on any atom is 0.164 e. The first-order valence-electron chi connectivity index (χ1n) is 16.6. The summed E-state index contributed by atoms with van der Waals surface area (Å²) >= 11 is 1.84. The summed E-state index contributed by atoms with van der Waals surface area (Å²) in [7, 11) is 0. The van der Waals surface area contributed by atoms with E-state index in [1.54, 1.807) is 0 Å². The Morgan fingerprint density at radius 3 is 1.58 bits per heavy atom. The molecule has 3 heterocycles. The topological polar surface area (TPSA) is 51.8 Å². The van der Waals surface area contributed by atoms with Crippen LogP contribution in [0.3, 0.4) is 0 Å². The second-order valence-electron chi connectivity index (χ2n) is 12.5. The van der Waals surface area contributed by atoms with Crippen molar-refractivity contribution in [2.75, 3.05) is 0 Å². The molecular weight excluding hydrogens is 631 g/mol. The van der Waals surface area contributed by atoms with Crippen LogP contribution in [-0.2, 0) is 0 Å². The smallest absolute Gasteiger partial charge is 0.164 e. The molecule has 0 spiro atoms. The van der Waals surface area contributed by atoms with Crippen molar-refractivity contribution in [3.63, 3.8) is 0 Å². The highest BCUT2D eigenvalue weighted by Crippen LogP contribution is 2.39. The van der Waals surface area contributed by atoms with Crippen molar-refractivity contribution in [3.8, 4) is 56.4 Å². The lowest BCUT2D eigenvalue weighted by Crippen LogP contribution is -2.00. The van der Waals surface area contributed by atoms with Crippen molar-refractivity contribution in [2.45, 2.75) is 0 Å². The van der Waals surface area contributed by atoms with E-state index in [9.17, 15) is 0 Å². The maximum absolute atomic E-state index is 6.54. The molecule has 0 fully saturated rings. The van der Waals surface area contributed by atoms with Gasteiger partial charge < -0.3 is 4.42 Å². The van der Waals surface area contributed by atoms with Crippen LogP contribution in [0.2, 0.25) is 0 Å². The molecule has 234 valence electrons. The van der Waals surface area contributed by atoms with Gasteiger partial charge in [-0.15, -0.1) is 11.3 Å². The number of benzene rings is 7. The van der Waals surface area contributed by atoms with Gasteiger partial charge in [-0.05, 0) is 70.8 Å². The van der Waals surface area contributed by atoms with Crippen molar-refractivity contribution in [1.82, 2.24) is 15.0 Å². The molecule has 4 nitrogen and oxygen atoms in total. The lowest BCUT2D eigenvalue weighted by molar-refractivity contribution is 0.669. The minimum atomic E-state index is 0.596. The minimum absolute atomic E-state index is 0.596. The second kappa shape index (κ2) is 11.6. The monoisotopic (exact) mass is 657 g/mol. The highest BCUT2D eigenvalue weighted by atomic mass is 32.1. The van der Waals surface area contributed by atoms with Gasteiger partial charge in [0.1, 0.15) is 11.2 Å². The van der Waals surface area contributed by atoms with Crippen LogP contribution in [0.1, 0.15) is 0 Å². The third kappa shape index (κ3) is 4.95. The number of furan rings is 1. The molecule has 0 atom stereocenters. The van der Waals surface area contributed by atoms with E-state index in [0.717, 1.165) is 55.3 Å². The molecule has 10 rings (SSSR count). The summed E-state index contributed by atoms with van der Waals surface area (Å²) in [5.41, 5.74) is 8.93. The van der Waals surface area contributed by atoms with Crippen LogP contribution >= 0.6 is 11.3 Å². The van der Waals surface area contributed by atoms with Crippen LogP contribution in [0.15, 0.2) is 168 Å². The van der Waals surface area contributed by atoms with E-state index in [1.165, 1.54) is 25.7 Å². The normalized spacial score (nSPS) is 11.6. The summed E-state index contributed by atoms with van der Waals surface area (Å²) in [6.45, 7) is 0. The highest BCUT2D eigenvalue weighted by Gasteiger charge is 2.16. The van der Waals surface area contributed by atoms with E-state index < -0.39 is 0 Å². The van der Waals surface area contributed by atoms with Gasteiger partial charge in [0, 0.05) is 47.6 Å². The number of thiophene rings is 1. The van der Waals surface area contributed by atoms with E-state index in [-0.39, 0.29) is 0 Å².